The maximum absolute atomic E-state index is 11.9. The Bertz CT molecular complexity index is 479. The minimum Gasteiger partial charge on any atom is -0.368 e. The van der Waals surface area contributed by atoms with Crippen LogP contribution in [-0.2, 0) is 9.59 Å². The molecule has 0 radical (unpaired) electrons. The summed E-state index contributed by atoms with van der Waals surface area (Å²) in [5.74, 6) is -1.02. The van der Waals surface area contributed by atoms with Crippen LogP contribution in [0.4, 0.5) is 5.69 Å². The first-order chi connectivity index (χ1) is 9.72. The number of carbonyl (C=O) groups excluding carboxylic acids is 2. The van der Waals surface area contributed by atoms with Crippen molar-refractivity contribution in [2.75, 3.05) is 37.6 Å². The Morgan fingerprint density at radius 1 is 1.15 bits per heavy atom. The van der Waals surface area contributed by atoms with E-state index in [1.54, 1.807) is 11.0 Å². The van der Waals surface area contributed by atoms with Crippen molar-refractivity contribution in [3.8, 4) is 0 Å². The Labute approximate surface area is 118 Å². The Morgan fingerprint density at radius 3 is 2.40 bits per heavy atom. The Kier molecular flexibility index (Phi) is 4.76. The molecule has 0 aliphatic carbocycles. The molecule has 1 N–H and O–H groups in total. The average Bonchev–Trinajstić information content (AvgIpc) is 2.53. The summed E-state index contributed by atoms with van der Waals surface area (Å²) in [6, 6.07) is 10.1. The van der Waals surface area contributed by atoms with E-state index in [9.17, 15) is 9.59 Å². The molecule has 106 valence electrons. The number of para-hydroxylation sites is 1. The van der Waals surface area contributed by atoms with E-state index in [1.807, 2.05) is 30.3 Å². The number of amides is 2. The van der Waals surface area contributed by atoms with Crippen molar-refractivity contribution in [2.45, 2.75) is 0 Å². The van der Waals surface area contributed by atoms with Gasteiger partial charge < -0.3 is 15.1 Å². The third kappa shape index (κ3) is 3.38. The molecule has 2 rings (SSSR count). The van der Waals surface area contributed by atoms with Crippen LogP contribution in [-0.4, -0.2) is 49.4 Å². The van der Waals surface area contributed by atoms with Gasteiger partial charge in [-0.15, -0.1) is 6.58 Å². The quantitative estimate of drug-likeness (QED) is 0.649. The first-order valence-electron chi connectivity index (χ1n) is 6.70. The normalized spacial score (nSPS) is 14.8. The van der Waals surface area contributed by atoms with E-state index in [0.717, 1.165) is 18.8 Å². The molecule has 0 spiro atoms. The van der Waals surface area contributed by atoms with Gasteiger partial charge in [-0.25, -0.2) is 0 Å². The fraction of sp³-hybridized carbons (Fsp3) is 0.333. The van der Waals surface area contributed by atoms with Crippen LogP contribution in [0.25, 0.3) is 0 Å². The number of piperazine rings is 1. The van der Waals surface area contributed by atoms with Crippen LogP contribution in [0.5, 0.6) is 0 Å². The monoisotopic (exact) mass is 273 g/mol. The molecule has 0 saturated carbocycles. The molecule has 5 heteroatoms. The first kappa shape index (κ1) is 14.1. The summed E-state index contributed by atoms with van der Waals surface area (Å²) >= 11 is 0. The molecule has 0 atom stereocenters. The van der Waals surface area contributed by atoms with Crippen molar-refractivity contribution in [1.82, 2.24) is 10.2 Å². The van der Waals surface area contributed by atoms with Gasteiger partial charge in [0.1, 0.15) is 0 Å². The van der Waals surface area contributed by atoms with Crippen molar-refractivity contribution in [2.24, 2.45) is 0 Å². The molecule has 0 aromatic heterocycles. The predicted molar refractivity (Wildman–Crippen MR) is 78.4 cm³/mol. The van der Waals surface area contributed by atoms with Gasteiger partial charge in [0, 0.05) is 38.4 Å². The maximum atomic E-state index is 11.9. The molecule has 1 aromatic carbocycles. The van der Waals surface area contributed by atoms with Crippen molar-refractivity contribution >= 4 is 17.5 Å². The maximum Gasteiger partial charge on any atom is 0.312 e. The Balaban J connectivity index is 1.86. The highest BCUT2D eigenvalue weighted by Crippen LogP contribution is 2.15. The van der Waals surface area contributed by atoms with Crippen LogP contribution in [0.1, 0.15) is 0 Å². The largest absolute Gasteiger partial charge is 0.368 e. The lowest BCUT2D eigenvalue weighted by Gasteiger charge is -2.35. The molecule has 20 heavy (non-hydrogen) atoms. The summed E-state index contributed by atoms with van der Waals surface area (Å²) in [5.41, 5.74) is 1.15. The zero-order chi connectivity index (χ0) is 14.4. The van der Waals surface area contributed by atoms with Crippen molar-refractivity contribution in [1.29, 1.82) is 0 Å². The molecule has 1 heterocycles. The highest BCUT2D eigenvalue weighted by atomic mass is 16.2. The zero-order valence-corrected chi connectivity index (χ0v) is 11.4. The molecular weight excluding hydrogens is 254 g/mol. The minimum absolute atomic E-state index is 0.314. The Morgan fingerprint density at radius 2 is 1.80 bits per heavy atom. The van der Waals surface area contributed by atoms with E-state index in [-0.39, 0.29) is 0 Å². The lowest BCUT2D eigenvalue weighted by atomic mass is 10.2. The molecule has 1 saturated heterocycles. The lowest BCUT2D eigenvalue weighted by molar-refractivity contribution is -0.145. The topological polar surface area (TPSA) is 52.7 Å². The minimum atomic E-state index is -0.557. The highest BCUT2D eigenvalue weighted by Gasteiger charge is 2.25. The number of benzene rings is 1. The standard InChI is InChI=1S/C15H19N3O2/c1-2-8-16-14(19)15(20)18-11-9-17(10-12-18)13-6-4-3-5-7-13/h2-7H,1,8-12H2,(H,16,19). The summed E-state index contributed by atoms with van der Waals surface area (Å²) in [6.45, 7) is 6.43. The van der Waals surface area contributed by atoms with Gasteiger partial charge in [0.05, 0.1) is 0 Å². The number of hydrogen-bond donors (Lipinski definition) is 1. The summed E-state index contributed by atoms with van der Waals surface area (Å²) in [6.07, 6.45) is 1.55. The second kappa shape index (κ2) is 6.75. The van der Waals surface area contributed by atoms with E-state index in [4.69, 9.17) is 0 Å². The Hall–Kier alpha value is -2.30. The summed E-state index contributed by atoms with van der Waals surface area (Å²) < 4.78 is 0. The zero-order valence-electron chi connectivity index (χ0n) is 11.4. The third-order valence-electron chi connectivity index (χ3n) is 3.29. The van der Waals surface area contributed by atoms with Gasteiger partial charge in [-0.1, -0.05) is 24.3 Å². The van der Waals surface area contributed by atoms with Crippen LogP contribution in [0.2, 0.25) is 0 Å². The molecule has 2 amide bonds. The average molecular weight is 273 g/mol. The molecule has 5 nitrogen and oxygen atoms in total. The molecule has 0 bridgehead atoms. The number of anilines is 1. The highest BCUT2D eigenvalue weighted by molar-refractivity contribution is 6.35. The lowest BCUT2D eigenvalue weighted by Crippen LogP contribution is -2.52. The summed E-state index contributed by atoms with van der Waals surface area (Å²) in [7, 11) is 0. The van der Waals surface area contributed by atoms with Gasteiger partial charge in [0.2, 0.25) is 0 Å². The number of nitrogens with zero attached hydrogens (tertiary/aromatic N) is 2. The molecule has 0 unspecified atom stereocenters. The predicted octanol–water partition coefficient (Wildman–Crippen LogP) is 0.637. The third-order valence-corrected chi connectivity index (χ3v) is 3.29. The fourth-order valence-electron chi connectivity index (χ4n) is 2.19. The SMILES string of the molecule is C=CCNC(=O)C(=O)N1CCN(c2ccccc2)CC1. The van der Waals surface area contributed by atoms with Gasteiger partial charge >= 0.3 is 11.8 Å². The van der Waals surface area contributed by atoms with Crippen LogP contribution in [0.15, 0.2) is 43.0 Å². The van der Waals surface area contributed by atoms with Gasteiger partial charge in [0.15, 0.2) is 0 Å². The molecular formula is C15H19N3O2. The van der Waals surface area contributed by atoms with E-state index in [0.29, 0.717) is 19.6 Å². The van der Waals surface area contributed by atoms with E-state index < -0.39 is 11.8 Å². The van der Waals surface area contributed by atoms with Crippen LogP contribution in [0, 0.1) is 0 Å². The molecule has 1 aliphatic rings. The van der Waals surface area contributed by atoms with Crippen molar-refractivity contribution in [3.63, 3.8) is 0 Å². The number of hydrogen-bond acceptors (Lipinski definition) is 3. The summed E-state index contributed by atoms with van der Waals surface area (Å²) in [5, 5.41) is 2.51. The number of nitrogens with one attached hydrogen (secondary N) is 1. The van der Waals surface area contributed by atoms with Crippen molar-refractivity contribution in [3.05, 3.63) is 43.0 Å². The molecule has 1 aromatic rings. The number of rotatable bonds is 3. The first-order valence-corrected chi connectivity index (χ1v) is 6.70. The smallest absolute Gasteiger partial charge is 0.312 e. The van der Waals surface area contributed by atoms with E-state index in [2.05, 4.69) is 16.8 Å². The second-order valence-electron chi connectivity index (χ2n) is 4.61. The summed E-state index contributed by atoms with van der Waals surface area (Å²) in [4.78, 5) is 27.3. The van der Waals surface area contributed by atoms with E-state index in [1.165, 1.54) is 0 Å². The molecule has 1 fully saturated rings. The van der Waals surface area contributed by atoms with Crippen LogP contribution >= 0.6 is 0 Å². The van der Waals surface area contributed by atoms with E-state index >= 15 is 0 Å². The number of carbonyl (C=O) groups is 2. The van der Waals surface area contributed by atoms with Crippen LogP contribution in [0.3, 0.4) is 0 Å². The van der Waals surface area contributed by atoms with Gasteiger partial charge in [-0.3, -0.25) is 9.59 Å². The second-order valence-corrected chi connectivity index (χ2v) is 4.61. The van der Waals surface area contributed by atoms with Gasteiger partial charge in [-0.05, 0) is 12.1 Å². The fourth-order valence-corrected chi connectivity index (χ4v) is 2.19. The van der Waals surface area contributed by atoms with Gasteiger partial charge in [-0.2, -0.15) is 0 Å². The van der Waals surface area contributed by atoms with Crippen molar-refractivity contribution < 1.29 is 9.59 Å². The molecule has 1 aliphatic heterocycles. The van der Waals surface area contributed by atoms with Gasteiger partial charge in [0.25, 0.3) is 0 Å². The van der Waals surface area contributed by atoms with Crippen LogP contribution < -0.4 is 10.2 Å².